The Bertz CT molecular complexity index is 492. The second kappa shape index (κ2) is 5.96. The molecule has 108 valence electrons. The molecular formula is C17H23NO2. The van der Waals surface area contributed by atoms with Crippen molar-refractivity contribution in [3.8, 4) is 0 Å². The molecule has 0 spiro atoms. The molecule has 0 atom stereocenters. The smallest absolute Gasteiger partial charge is 0.317 e. The van der Waals surface area contributed by atoms with Crippen molar-refractivity contribution in [2.45, 2.75) is 57.5 Å². The zero-order valence-electron chi connectivity index (χ0n) is 12.0. The zero-order valence-corrected chi connectivity index (χ0v) is 12.0. The summed E-state index contributed by atoms with van der Waals surface area (Å²) in [6.45, 7) is 0.950. The Hall–Kier alpha value is -1.35. The second-order valence-corrected chi connectivity index (χ2v) is 6.19. The number of carboxylic acid groups (broad SMARTS) is 1. The van der Waals surface area contributed by atoms with Crippen LogP contribution in [0.2, 0.25) is 0 Å². The number of fused-ring (bicyclic) bond motifs is 1. The number of benzene rings is 1. The predicted molar refractivity (Wildman–Crippen MR) is 78.8 cm³/mol. The van der Waals surface area contributed by atoms with Gasteiger partial charge in [-0.25, -0.2) is 0 Å². The van der Waals surface area contributed by atoms with E-state index in [-0.39, 0.29) is 6.54 Å². The first-order chi connectivity index (χ1) is 9.72. The van der Waals surface area contributed by atoms with Crippen molar-refractivity contribution < 1.29 is 9.90 Å². The molecule has 0 heterocycles. The van der Waals surface area contributed by atoms with E-state index >= 15 is 0 Å². The second-order valence-electron chi connectivity index (χ2n) is 6.19. The van der Waals surface area contributed by atoms with Crippen LogP contribution >= 0.6 is 0 Å². The molecule has 0 amide bonds. The molecule has 1 N–H and O–H groups in total. The SMILES string of the molecule is O=C(O)CN(Cc1ccc2c(c1)CCC2)C1CCCC1. The maximum absolute atomic E-state index is 11.1. The molecule has 1 aromatic carbocycles. The molecule has 0 radical (unpaired) electrons. The van der Waals surface area contributed by atoms with Gasteiger partial charge >= 0.3 is 5.97 Å². The van der Waals surface area contributed by atoms with Crippen LogP contribution in [-0.4, -0.2) is 28.6 Å². The first kappa shape index (κ1) is 13.6. The average molecular weight is 273 g/mol. The van der Waals surface area contributed by atoms with Crippen LogP contribution in [0.1, 0.15) is 48.8 Å². The summed E-state index contributed by atoms with van der Waals surface area (Å²) in [4.78, 5) is 13.3. The van der Waals surface area contributed by atoms with Gasteiger partial charge in [-0.3, -0.25) is 9.69 Å². The lowest BCUT2D eigenvalue weighted by atomic mass is 10.1. The van der Waals surface area contributed by atoms with Crippen LogP contribution in [0.5, 0.6) is 0 Å². The van der Waals surface area contributed by atoms with E-state index in [1.165, 1.54) is 48.8 Å². The van der Waals surface area contributed by atoms with Gasteiger partial charge in [0.2, 0.25) is 0 Å². The van der Waals surface area contributed by atoms with E-state index in [1.807, 2.05) is 0 Å². The van der Waals surface area contributed by atoms with Gasteiger partial charge in [-0.1, -0.05) is 31.0 Å². The Kier molecular flexibility index (Phi) is 4.06. The van der Waals surface area contributed by atoms with Gasteiger partial charge in [-0.05, 0) is 48.8 Å². The fourth-order valence-corrected chi connectivity index (χ4v) is 3.72. The number of rotatable bonds is 5. The van der Waals surface area contributed by atoms with Crippen LogP contribution in [-0.2, 0) is 24.2 Å². The molecule has 3 rings (SSSR count). The van der Waals surface area contributed by atoms with Crippen molar-refractivity contribution >= 4 is 5.97 Å². The molecule has 1 fully saturated rings. The monoisotopic (exact) mass is 273 g/mol. The highest BCUT2D eigenvalue weighted by Gasteiger charge is 2.24. The third-order valence-electron chi connectivity index (χ3n) is 4.73. The molecular weight excluding hydrogens is 250 g/mol. The highest BCUT2D eigenvalue weighted by Crippen LogP contribution is 2.27. The van der Waals surface area contributed by atoms with Crippen molar-refractivity contribution in [3.05, 3.63) is 34.9 Å². The van der Waals surface area contributed by atoms with Gasteiger partial charge in [-0.2, -0.15) is 0 Å². The van der Waals surface area contributed by atoms with Gasteiger partial charge in [-0.15, -0.1) is 0 Å². The first-order valence-corrected chi connectivity index (χ1v) is 7.79. The largest absolute Gasteiger partial charge is 0.480 e. The van der Waals surface area contributed by atoms with Gasteiger partial charge in [0.1, 0.15) is 0 Å². The van der Waals surface area contributed by atoms with Gasteiger partial charge < -0.3 is 5.11 Å². The third kappa shape index (κ3) is 3.04. The molecule has 20 heavy (non-hydrogen) atoms. The molecule has 3 nitrogen and oxygen atoms in total. The molecule has 0 aromatic heterocycles. The number of aryl methyl sites for hydroxylation is 2. The molecule has 1 saturated carbocycles. The fourth-order valence-electron chi connectivity index (χ4n) is 3.72. The molecule has 0 bridgehead atoms. The van der Waals surface area contributed by atoms with Crippen LogP contribution < -0.4 is 0 Å². The molecule has 0 aliphatic heterocycles. The van der Waals surface area contributed by atoms with Crippen molar-refractivity contribution in [3.63, 3.8) is 0 Å². The topological polar surface area (TPSA) is 40.5 Å². The van der Waals surface area contributed by atoms with E-state index in [0.29, 0.717) is 6.04 Å². The molecule has 2 aliphatic carbocycles. The lowest BCUT2D eigenvalue weighted by Gasteiger charge is -2.27. The standard InChI is InChI=1S/C17H23NO2/c19-17(20)12-18(16-6-1-2-7-16)11-13-8-9-14-4-3-5-15(14)10-13/h8-10,16H,1-7,11-12H2,(H,19,20). The van der Waals surface area contributed by atoms with Crippen LogP contribution in [0.4, 0.5) is 0 Å². The molecule has 0 saturated heterocycles. The van der Waals surface area contributed by atoms with Crippen LogP contribution in [0.15, 0.2) is 18.2 Å². The summed E-state index contributed by atoms with van der Waals surface area (Å²) in [6.07, 6.45) is 8.44. The van der Waals surface area contributed by atoms with E-state index in [1.54, 1.807) is 0 Å². The van der Waals surface area contributed by atoms with E-state index in [2.05, 4.69) is 23.1 Å². The van der Waals surface area contributed by atoms with Gasteiger partial charge in [0, 0.05) is 12.6 Å². The van der Waals surface area contributed by atoms with Crippen molar-refractivity contribution in [2.24, 2.45) is 0 Å². The minimum absolute atomic E-state index is 0.168. The highest BCUT2D eigenvalue weighted by atomic mass is 16.4. The van der Waals surface area contributed by atoms with E-state index < -0.39 is 5.97 Å². The number of hydrogen-bond acceptors (Lipinski definition) is 2. The summed E-state index contributed by atoms with van der Waals surface area (Å²) in [5.74, 6) is -0.710. The van der Waals surface area contributed by atoms with Crippen LogP contribution in [0.3, 0.4) is 0 Å². The zero-order chi connectivity index (χ0) is 13.9. The average Bonchev–Trinajstić information content (AvgIpc) is 3.08. The highest BCUT2D eigenvalue weighted by molar-refractivity contribution is 5.69. The van der Waals surface area contributed by atoms with E-state index in [9.17, 15) is 4.79 Å². The van der Waals surface area contributed by atoms with Crippen molar-refractivity contribution in [1.82, 2.24) is 4.90 Å². The van der Waals surface area contributed by atoms with Crippen molar-refractivity contribution in [1.29, 1.82) is 0 Å². The Morgan fingerprint density at radius 3 is 2.65 bits per heavy atom. The Morgan fingerprint density at radius 2 is 1.90 bits per heavy atom. The molecule has 3 heteroatoms. The van der Waals surface area contributed by atoms with Crippen molar-refractivity contribution in [2.75, 3.05) is 6.54 Å². The molecule has 1 aromatic rings. The predicted octanol–water partition coefficient (Wildman–Crippen LogP) is 3.00. The summed E-state index contributed by atoms with van der Waals surface area (Å²) >= 11 is 0. The minimum atomic E-state index is -0.710. The summed E-state index contributed by atoms with van der Waals surface area (Å²) in [6, 6.07) is 7.19. The Balaban J connectivity index is 1.73. The lowest BCUT2D eigenvalue weighted by Crippen LogP contribution is -2.37. The number of aliphatic carboxylic acids is 1. The van der Waals surface area contributed by atoms with Crippen LogP contribution in [0.25, 0.3) is 0 Å². The normalized spacial score (nSPS) is 18.6. The Labute approximate surface area is 120 Å². The summed E-state index contributed by atoms with van der Waals surface area (Å²) < 4.78 is 0. The van der Waals surface area contributed by atoms with E-state index in [4.69, 9.17) is 5.11 Å². The summed E-state index contributed by atoms with van der Waals surface area (Å²) in [5.41, 5.74) is 4.24. The number of hydrogen-bond donors (Lipinski definition) is 1. The number of carboxylic acids is 1. The minimum Gasteiger partial charge on any atom is -0.480 e. The van der Waals surface area contributed by atoms with Gasteiger partial charge in [0.25, 0.3) is 0 Å². The number of nitrogens with zero attached hydrogens (tertiary/aromatic N) is 1. The quantitative estimate of drug-likeness (QED) is 0.896. The summed E-state index contributed by atoms with van der Waals surface area (Å²) in [5, 5.41) is 9.14. The Morgan fingerprint density at radius 1 is 1.15 bits per heavy atom. The third-order valence-corrected chi connectivity index (χ3v) is 4.73. The maximum atomic E-state index is 11.1. The van der Waals surface area contributed by atoms with E-state index in [0.717, 1.165) is 19.4 Å². The van der Waals surface area contributed by atoms with Gasteiger partial charge in [0.15, 0.2) is 0 Å². The summed E-state index contributed by atoms with van der Waals surface area (Å²) in [7, 11) is 0. The first-order valence-electron chi connectivity index (χ1n) is 7.79. The maximum Gasteiger partial charge on any atom is 0.317 e. The molecule has 0 unspecified atom stereocenters. The lowest BCUT2D eigenvalue weighted by molar-refractivity contribution is -0.139. The molecule has 2 aliphatic rings. The van der Waals surface area contributed by atoms with Crippen LogP contribution in [0, 0.1) is 0 Å². The fraction of sp³-hybridized carbons (Fsp3) is 0.588. The number of carbonyl (C=O) groups is 1. The van der Waals surface area contributed by atoms with Gasteiger partial charge in [0.05, 0.1) is 6.54 Å².